The molecule has 1 aromatic carbocycles. The second kappa shape index (κ2) is 6.72. The molecule has 1 aliphatic rings. The van der Waals surface area contributed by atoms with E-state index in [0.29, 0.717) is 13.1 Å². The highest BCUT2D eigenvalue weighted by atomic mass is 32.2. The quantitative estimate of drug-likeness (QED) is 0.891. The van der Waals surface area contributed by atoms with E-state index in [9.17, 15) is 26.4 Å². The third kappa shape index (κ3) is 3.41. The number of alkyl halides is 3. The number of carbonyl (C=O) groups excluding carboxylic acids is 1. The van der Waals surface area contributed by atoms with E-state index in [2.05, 4.69) is 0 Å². The maximum Gasteiger partial charge on any atom is 0.501 e. The van der Waals surface area contributed by atoms with Crippen molar-refractivity contribution < 1.29 is 26.4 Å². The van der Waals surface area contributed by atoms with Crippen LogP contribution in [0.15, 0.2) is 29.2 Å². The molecule has 2 atom stereocenters. The monoisotopic (exact) mass is 364 g/mol. The van der Waals surface area contributed by atoms with Crippen molar-refractivity contribution in [3.63, 3.8) is 0 Å². The van der Waals surface area contributed by atoms with Crippen LogP contribution in [-0.2, 0) is 9.84 Å². The lowest BCUT2D eigenvalue weighted by Crippen LogP contribution is -2.51. The number of piperidine rings is 1. The minimum atomic E-state index is -5.41. The third-order valence-electron chi connectivity index (χ3n) is 4.33. The summed E-state index contributed by atoms with van der Waals surface area (Å²) >= 11 is 0. The summed E-state index contributed by atoms with van der Waals surface area (Å²) in [5.41, 5.74) is 0.504. The SMILES string of the molecule is C[C@@H]1CCCN(C(=O)c2ccc(S(=O)(=O)C(F)(F)F)cc2)[C@H]1CN. The fraction of sp³-hybridized carbons (Fsp3) is 0.533. The molecule has 2 N–H and O–H groups in total. The minimum Gasteiger partial charge on any atom is -0.334 e. The summed E-state index contributed by atoms with van der Waals surface area (Å²) in [5.74, 6) is -0.120. The average molecular weight is 364 g/mol. The highest BCUT2D eigenvalue weighted by molar-refractivity contribution is 7.92. The van der Waals surface area contributed by atoms with Gasteiger partial charge in [0.15, 0.2) is 0 Å². The number of nitrogens with zero attached hydrogens (tertiary/aromatic N) is 1. The van der Waals surface area contributed by atoms with Gasteiger partial charge in [-0.25, -0.2) is 8.42 Å². The van der Waals surface area contributed by atoms with Crippen molar-refractivity contribution in [2.75, 3.05) is 13.1 Å². The number of benzene rings is 1. The molecule has 1 aromatic rings. The Morgan fingerprint density at radius 1 is 1.29 bits per heavy atom. The van der Waals surface area contributed by atoms with Crippen molar-refractivity contribution in [1.29, 1.82) is 0 Å². The van der Waals surface area contributed by atoms with Crippen molar-refractivity contribution in [1.82, 2.24) is 4.90 Å². The Bertz CT molecular complexity index is 702. The van der Waals surface area contributed by atoms with Gasteiger partial charge in [0.1, 0.15) is 0 Å². The summed E-state index contributed by atoms with van der Waals surface area (Å²) in [5, 5.41) is 0. The van der Waals surface area contributed by atoms with Crippen LogP contribution in [0.5, 0.6) is 0 Å². The van der Waals surface area contributed by atoms with Gasteiger partial charge in [0, 0.05) is 24.7 Å². The summed E-state index contributed by atoms with van der Waals surface area (Å²) < 4.78 is 60.3. The Balaban J connectivity index is 2.26. The van der Waals surface area contributed by atoms with Crippen molar-refractivity contribution in [3.05, 3.63) is 29.8 Å². The maximum atomic E-state index is 12.6. The second-order valence-electron chi connectivity index (χ2n) is 5.89. The number of nitrogens with two attached hydrogens (primary N) is 1. The standard InChI is InChI=1S/C15H19F3N2O3S/c1-10-3-2-8-20(13(10)9-19)14(21)11-4-6-12(7-5-11)24(22,23)15(16,17)18/h4-7,10,13H,2-3,8-9,19H2,1H3/t10-,13+/m1/s1. The highest BCUT2D eigenvalue weighted by Gasteiger charge is 2.46. The lowest BCUT2D eigenvalue weighted by molar-refractivity contribution is -0.0436. The summed E-state index contributed by atoms with van der Waals surface area (Å²) in [6.07, 6.45) is 1.78. The Kier molecular flexibility index (Phi) is 5.24. The smallest absolute Gasteiger partial charge is 0.334 e. The van der Waals surface area contributed by atoms with Crippen LogP contribution in [-0.4, -0.2) is 43.9 Å². The van der Waals surface area contributed by atoms with Gasteiger partial charge in [-0.2, -0.15) is 13.2 Å². The van der Waals surface area contributed by atoms with E-state index in [1.54, 1.807) is 4.90 Å². The fourth-order valence-electron chi connectivity index (χ4n) is 2.94. The van der Waals surface area contributed by atoms with Gasteiger partial charge in [-0.3, -0.25) is 4.79 Å². The number of likely N-dealkylation sites (tertiary alicyclic amines) is 1. The molecule has 0 saturated carbocycles. The van der Waals surface area contributed by atoms with Crippen LogP contribution < -0.4 is 5.73 Å². The lowest BCUT2D eigenvalue weighted by atomic mass is 9.90. The molecule has 5 nitrogen and oxygen atoms in total. The first kappa shape index (κ1) is 18.7. The summed E-state index contributed by atoms with van der Waals surface area (Å²) in [6, 6.07) is 3.69. The van der Waals surface area contributed by atoms with E-state index >= 15 is 0 Å². The molecular formula is C15H19F3N2O3S. The number of hydrogen-bond donors (Lipinski definition) is 1. The molecule has 0 spiro atoms. The molecule has 1 saturated heterocycles. The van der Waals surface area contributed by atoms with Crippen molar-refractivity contribution in [2.24, 2.45) is 11.7 Å². The number of halogens is 3. The normalized spacial score (nSPS) is 22.5. The second-order valence-corrected chi connectivity index (χ2v) is 7.84. The van der Waals surface area contributed by atoms with E-state index in [0.717, 1.165) is 37.1 Å². The fourth-order valence-corrected chi connectivity index (χ4v) is 3.70. The topological polar surface area (TPSA) is 80.5 Å². The first-order valence-corrected chi connectivity index (χ1v) is 9.00. The van der Waals surface area contributed by atoms with Crippen LogP contribution in [0.25, 0.3) is 0 Å². The van der Waals surface area contributed by atoms with E-state index in [1.807, 2.05) is 6.92 Å². The predicted octanol–water partition coefficient (Wildman–Crippen LogP) is 2.18. The first-order valence-electron chi connectivity index (χ1n) is 7.52. The molecule has 0 aliphatic carbocycles. The predicted molar refractivity (Wildman–Crippen MR) is 82.0 cm³/mol. The Hall–Kier alpha value is -1.61. The molecule has 0 unspecified atom stereocenters. The van der Waals surface area contributed by atoms with E-state index < -0.39 is 20.2 Å². The number of rotatable bonds is 3. The molecule has 9 heteroatoms. The zero-order chi connectivity index (χ0) is 18.1. The van der Waals surface area contributed by atoms with Crippen LogP contribution >= 0.6 is 0 Å². The molecule has 1 aliphatic heterocycles. The molecule has 134 valence electrons. The number of carbonyl (C=O) groups is 1. The molecular weight excluding hydrogens is 345 g/mol. The van der Waals surface area contributed by atoms with Gasteiger partial charge in [0.05, 0.1) is 4.90 Å². The van der Waals surface area contributed by atoms with Crippen LogP contribution in [0, 0.1) is 5.92 Å². The van der Waals surface area contributed by atoms with Gasteiger partial charge in [-0.15, -0.1) is 0 Å². The van der Waals surface area contributed by atoms with Crippen molar-refractivity contribution >= 4 is 15.7 Å². The van der Waals surface area contributed by atoms with Crippen LogP contribution in [0.1, 0.15) is 30.1 Å². The summed E-state index contributed by atoms with van der Waals surface area (Å²) in [6.45, 7) is 2.82. The van der Waals surface area contributed by atoms with Gasteiger partial charge in [0.2, 0.25) is 0 Å². The number of amides is 1. The van der Waals surface area contributed by atoms with Gasteiger partial charge < -0.3 is 10.6 Å². The molecule has 0 radical (unpaired) electrons. The summed E-state index contributed by atoms with van der Waals surface area (Å²) in [7, 11) is -5.41. The van der Waals surface area contributed by atoms with Gasteiger partial charge >= 0.3 is 5.51 Å². The largest absolute Gasteiger partial charge is 0.501 e. The van der Waals surface area contributed by atoms with Gasteiger partial charge in [-0.05, 0) is 43.0 Å². The zero-order valence-corrected chi connectivity index (χ0v) is 13.9. The van der Waals surface area contributed by atoms with Crippen molar-refractivity contribution in [3.8, 4) is 0 Å². The number of hydrogen-bond acceptors (Lipinski definition) is 4. The Morgan fingerprint density at radius 3 is 2.38 bits per heavy atom. The molecule has 0 aromatic heterocycles. The van der Waals surface area contributed by atoms with Crippen LogP contribution in [0.4, 0.5) is 13.2 Å². The summed E-state index contributed by atoms with van der Waals surface area (Å²) in [4.78, 5) is 13.3. The Morgan fingerprint density at radius 2 is 1.88 bits per heavy atom. The molecule has 24 heavy (non-hydrogen) atoms. The molecule has 1 fully saturated rings. The average Bonchev–Trinajstić information content (AvgIpc) is 2.53. The Labute approximate surface area is 138 Å². The first-order chi connectivity index (χ1) is 11.1. The van der Waals surface area contributed by atoms with E-state index in [1.165, 1.54) is 0 Å². The third-order valence-corrected chi connectivity index (χ3v) is 5.84. The van der Waals surface area contributed by atoms with Gasteiger partial charge in [-0.1, -0.05) is 6.92 Å². The highest BCUT2D eigenvalue weighted by Crippen LogP contribution is 2.30. The lowest BCUT2D eigenvalue weighted by Gasteiger charge is -2.39. The molecule has 1 amide bonds. The zero-order valence-electron chi connectivity index (χ0n) is 13.1. The van der Waals surface area contributed by atoms with Gasteiger partial charge in [0.25, 0.3) is 15.7 Å². The van der Waals surface area contributed by atoms with Crippen LogP contribution in [0.2, 0.25) is 0 Å². The maximum absolute atomic E-state index is 12.6. The van der Waals surface area contributed by atoms with Crippen molar-refractivity contribution in [2.45, 2.75) is 36.2 Å². The van der Waals surface area contributed by atoms with Crippen LogP contribution in [0.3, 0.4) is 0 Å². The molecule has 2 rings (SSSR count). The molecule has 0 bridgehead atoms. The minimum absolute atomic E-state index is 0.134. The van der Waals surface area contributed by atoms with E-state index in [-0.39, 0.29) is 23.4 Å². The molecule has 1 heterocycles. The van der Waals surface area contributed by atoms with E-state index in [4.69, 9.17) is 5.73 Å². The number of sulfone groups is 1.